The van der Waals surface area contributed by atoms with Crippen molar-refractivity contribution in [3.05, 3.63) is 77.3 Å². The first-order valence-electron chi connectivity index (χ1n) is 11.7. The van der Waals surface area contributed by atoms with Gasteiger partial charge in [-0.2, -0.15) is 4.98 Å². The van der Waals surface area contributed by atoms with Gasteiger partial charge in [0.15, 0.2) is 5.65 Å². The number of hydrogen-bond acceptors (Lipinski definition) is 5. The molecule has 2 aromatic heterocycles. The molecular formula is C26H27ClN6O. The number of nitrogens with zero attached hydrogens (tertiary/aromatic N) is 4. The van der Waals surface area contributed by atoms with Crippen LogP contribution in [-0.2, 0) is 0 Å². The maximum absolute atomic E-state index is 12.4. The van der Waals surface area contributed by atoms with E-state index in [9.17, 15) is 4.79 Å². The fraction of sp³-hybridized carbons (Fsp3) is 0.269. The van der Waals surface area contributed by atoms with E-state index in [0.717, 1.165) is 35.6 Å². The number of anilines is 2. The number of amides is 1. The van der Waals surface area contributed by atoms with Gasteiger partial charge in [0.1, 0.15) is 0 Å². The number of carbonyl (C=O) groups excluding carboxylic acids is 1. The Morgan fingerprint density at radius 3 is 2.59 bits per heavy atom. The molecule has 0 aliphatic carbocycles. The summed E-state index contributed by atoms with van der Waals surface area (Å²) in [5.41, 5.74) is 4.04. The van der Waals surface area contributed by atoms with Gasteiger partial charge in [0, 0.05) is 28.4 Å². The van der Waals surface area contributed by atoms with Crippen molar-refractivity contribution in [3.8, 4) is 11.3 Å². The predicted molar refractivity (Wildman–Crippen MR) is 136 cm³/mol. The molecule has 1 aliphatic rings. The highest BCUT2D eigenvalue weighted by atomic mass is 35.5. The molecule has 0 bridgehead atoms. The van der Waals surface area contributed by atoms with Crippen LogP contribution in [0.25, 0.3) is 16.9 Å². The minimum atomic E-state index is -0.0509. The van der Waals surface area contributed by atoms with Crippen LogP contribution in [0.1, 0.15) is 29.6 Å². The minimum absolute atomic E-state index is 0.0509. The number of pyridine rings is 1. The summed E-state index contributed by atoms with van der Waals surface area (Å²) in [6.07, 6.45) is 3.56. The van der Waals surface area contributed by atoms with Crippen LogP contribution in [0.2, 0.25) is 5.02 Å². The lowest BCUT2D eigenvalue weighted by atomic mass is 10.1. The minimum Gasteiger partial charge on any atom is -0.352 e. The summed E-state index contributed by atoms with van der Waals surface area (Å²) in [5.74, 6) is 0.429. The van der Waals surface area contributed by atoms with Crippen molar-refractivity contribution < 1.29 is 4.79 Å². The molecule has 0 unspecified atom stereocenters. The van der Waals surface area contributed by atoms with Crippen LogP contribution in [0.3, 0.4) is 0 Å². The Hall–Kier alpha value is -3.42. The van der Waals surface area contributed by atoms with Crippen molar-refractivity contribution in [1.82, 2.24) is 24.8 Å². The Morgan fingerprint density at radius 2 is 1.79 bits per heavy atom. The van der Waals surface area contributed by atoms with Crippen LogP contribution < -0.4 is 10.6 Å². The summed E-state index contributed by atoms with van der Waals surface area (Å²) >= 11 is 6.17. The Labute approximate surface area is 203 Å². The summed E-state index contributed by atoms with van der Waals surface area (Å²) in [4.78, 5) is 19.5. The Morgan fingerprint density at radius 1 is 1.00 bits per heavy atom. The predicted octanol–water partition coefficient (Wildman–Crippen LogP) is 5.01. The molecule has 1 amide bonds. The maximum Gasteiger partial charge on any atom is 0.251 e. The van der Waals surface area contributed by atoms with Gasteiger partial charge in [0.05, 0.1) is 5.69 Å². The average Bonchev–Trinajstić information content (AvgIpc) is 3.51. The molecule has 34 heavy (non-hydrogen) atoms. The fourth-order valence-corrected chi connectivity index (χ4v) is 4.46. The number of aromatic nitrogens is 3. The Balaban J connectivity index is 1.22. The highest BCUT2D eigenvalue weighted by Crippen LogP contribution is 2.24. The fourth-order valence-electron chi connectivity index (χ4n) is 4.27. The average molecular weight is 475 g/mol. The number of halogens is 1. The quantitative estimate of drug-likeness (QED) is 0.351. The van der Waals surface area contributed by atoms with Crippen LogP contribution in [0, 0.1) is 0 Å². The van der Waals surface area contributed by atoms with E-state index in [1.165, 1.54) is 25.9 Å². The van der Waals surface area contributed by atoms with Crippen LogP contribution in [-0.4, -0.2) is 51.6 Å². The topological polar surface area (TPSA) is 74.6 Å². The lowest BCUT2D eigenvalue weighted by Gasteiger charge is -2.14. The van der Waals surface area contributed by atoms with Crippen molar-refractivity contribution in [3.63, 3.8) is 0 Å². The molecule has 2 aromatic carbocycles. The summed E-state index contributed by atoms with van der Waals surface area (Å²) in [5, 5.41) is 11.5. The van der Waals surface area contributed by atoms with Crippen molar-refractivity contribution in [2.24, 2.45) is 0 Å². The molecule has 0 saturated carbocycles. The maximum atomic E-state index is 12.4. The van der Waals surface area contributed by atoms with Crippen LogP contribution >= 0.6 is 11.6 Å². The zero-order valence-electron chi connectivity index (χ0n) is 18.9. The first-order valence-corrected chi connectivity index (χ1v) is 12.0. The molecule has 0 radical (unpaired) electrons. The van der Waals surface area contributed by atoms with Crippen molar-refractivity contribution in [1.29, 1.82) is 0 Å². The van der Waals surface area contributed by atoms with Gasteiger partial charge in [-0.15, -0.1) is 5.10 Å². The van der Waals surface area contributed by atoms with Gasteiger partial charge < -0.3 is 15.5 Å². The highest BCUT2D eigenvalue weighted by molar-refractivity contribution is 6.30. The van der Waals surface area contributed by atoms with Crippen LogP contribution in [0.4, 0.5) is 11.6 Å². The largest absolute Gasteiger partial charge is 0.352 e. The second kappa shape index (κ2) is 10.2. The second-order valence-corrected chi connectivity index (χ2v) is 8.92. The molecule has 3 heterocycles. The van der Waals surface area contributed by atoms with Crippen molar-refractivity contribution >= 4 is 34.8 Å². The first-order chi connectivity index (χ1) is 16.7. The van der Waals surface area contributed by atoms with E-state index < -0.39 is 0 Å². The molecule has 7 nitrogen and oxygen atoms in total. The summed E-state index contributed by atoms with van der Waals surface area (Å²) in [6.45, 7) is 4.11. The van der Waals surface area contributed by atoms with Crippen molar-refractivity contribution in [2.75, 3.05) is 31.5 Å². The number of carbonyl (C=O) groups is 1. The van der Waals surface area contributed by atoms with E-state index in [1.54, 1.807) is 4.52 Å². The SMILES string of the molecule is O=C(NCCCN1CCCC1)c1ccc(Nc2nc3cccc(-c4cccc(Cl)c4)n3n2)cc1. The Bertz CT molecular complexity index is 1280. The van der Waals surface area contributed by atoms with E-state index in [-0.39, 0.29) is 5.91 Å². The van der Waals surface area contributed by atoms with E-state index in [2.05, 4.69) is 25.6 Å². The summed E-state index contributed by atoms with van der Waals surface area (Å²) in [6, 6.07) is 20.8. The molecule has 1 aliphatic heterocycles. The standard InChI is InChI=1S/C26H27ClN6O/c27-21-7-3-6-20(18-21)23-8-4-9-24-30-26(31-33(23)24)29-22-12-10-19(11-13-22)25(34)28-14-5-17-32-15-1-2-16-32/h3-4,6-13,18H,1-2,5,14-17H2,(H,28,34)(H,29,31). The third kappa shape index (κ3) is 5.21. The molecule has 1 fully saturated rings. The molecule has 0 spiro atoms. The molecule has 2 N–H and O–H groups in total. The Kier molecular flexibility index (Phi) is 6.74. The van der Waals surface area contributed by atoms with Gasteiger partial charge in [-0.3, -0.25) is 4.79 Å². The van der Waals surface area contributed by atoms with Crippen LogP contribution in [0.5, 0.6) is 0 Å². The van der Waals surface area contributed by atoms with E-state index in [0.29, 0.717) is 23.1 Å². The molecular weight excluding hydrogens is 448 g/mol. The van der Waals surface area contributed by atoms with Gasteiger partial charge in [0.2, 0.25) is 5.95 Å². The zero-order chi connectivity index (χ0) is 23.3. The molecule has 1 saturated heterocycles. The van der Waals surface area contributed by atoms with Gasteiger partial charge in [-0.25, -0.2) is 4.52 Å². The molecule has 8 heteroatoms. The summed E-state index contributed by atoms with van der Waals surface area (Å²) in [7, 11) is 0. The number of likely N-dealkylation sites (tertiary alicyclic amines) is 1. The first kappa shape index (κ1) is 22.4. The molecule has 0 atom stereocenters. The third-order valence-corrected chi connectivity index (χ3v) is 6.25. The van der Waals surface area contributed by atoms with Gasteiger partial charge in [-0.05, 0) is 87.4 Å². The van der Waals surface area contributed by atoms with E-state index >= 15 is 0 Å². The van der Waals surface area contributed by atoms with Gasteiger partial charge >= 0.3 is 0 Å². The third-order valence-electron chi connectivity index (χ3n) is 6.02. The number of hydrogen-bond donors (Lipinski definition) is 2. The molecule has 4 aromatic rings. The highest BCUT2D eigenvalue weighted by Gasteiger charge is 2.12. The van der Waals surface area contributed by atoms with E-state index in [4.69, 9.17) is 11.6 Å². The van der Waals surface area contributed by atoms with Crippen molar-refractivity contribution in [2.45, 2.75) is 19.3 Å². The van der Waals surface area contributed by atoms with Gasteiger partial charge in [0.25, 0.3) is 5.91 Å². The normalized spacial score (nSPS) is 13.9. The lowest BCUT2D eigenvalue weighted by molar-refractivity contribution is 0.0952. The zero-order valence-corrected chi connectivity index (χ0v) is 19.6. The number of benzene rings is 2. The number of rotatable bonds is 8. The van der Waals surface area contributed by atoms with E-state index in [1.807, 2.05) is 66.7 Å². The van der Waals surface area contributed by atoms with Crippen LogP contribution in [0.15, 0.2) is 66.7 Å². The number of fused-ring (bicyclic) bond motifs is 1. The van der Waals surface area contributed by atoms with Gasteiger partial charge in [-0.1, -0.05) is 29.8 Å². The molecule has 174 valence electrons. The summed E-state index contributed by atoms with van der Waals surface area (Å²) < 4.78 is 1.79. The lowest BCUT2D eigenvalue weighted by Crippen LogP contribution is -2.28. The monoisotopic (exact) mass is 474 g/mol. The molecule has 5 rings (SSSR count). The number of nitrogens with one attached hydrogen (secondary N) is 2. The second-order valence-electron chi connectivity index (χ2n) is 8.49. The smallest absolute Gasteiger partial charge is 0.251 e.